The van der Waals surface area contributed by atoms with Crippen LogP contribution < -0.4 is 0 Å². The van der Waals surface area contributed by atoms with Gasteiger partial charge < -0.3 is 0 Å². The molecule has 1 aliphatic carbocycles. The van der Waals surface area contributed by atoms with Gasteiger partial charge in [0.15, 0.2) is 0 Å². The van der Waals surface area contributed by atoms with Crippen LogP contribution in [0.2, 0.25) is 0 Å². The number of nitrogens with zero attached hydrogens (tertiary/aromatic N) is 1. The van der Waals surface area contributed by atoms with Gasteiger partial charge in [-0.1, -0.05) is 41.1 Å². The summed E-state index contributed by atoms with van der Waals surface area (Å²) in [7, 11) is 0. The zero-order chi connectivity index (χ0) is 11.8. The summed E-state index contributed by atoms with van der Waals surface area (Å²) in [6.07, 6.45) is 3.64. The lowest BCUT2D eigenvalue weighted by molar-refractivity contribution is 0.502. The molecule has 1 aromatic carbocycles. The maximum atomic E-state index is 4.80. The molecule has 0 fully saturated rings. The van der Waals surface area contributed by atoms with Gasteiger partial charge in [-0.25, -0.2) is 4.98 Å². The number of hydrogen-bond acceptors (Lipinski definition) is 2. The van der Waals surface area contributed by atoms with E-state index in [1.165, 1.54) is 29.0 Å². The van der Waals surface area contributed by atoms with Crippen molar-refractivity contribution in [2.75, 3.05) is 0 Å². The predicted octanol–water partition coefficient (Wildman–Crippen LogP) is 4.70. The van der Waals surface area contributed by atoms with Gasteiger partial charge >= 0.3 is 0 Å². The molecular formula is C14H14BrNS. The highest BCUT2D eigenvalue weighted by molar-refractivity contribution is 9.10. The standard InChI is InChI=1S/C14H14BrNS/c1-9-6-7-12-13(8-9)17-14(16-12)10-4-2-3-5-11(10)15/h2-5,9H,6-8H2,1H3. The lowest BCUT2D eigenvalue weighted by Gasteiger charge is -2.15. The molecule has 0 radical (unpaired) electrons. The second kappa shape index (κ2) is 4.54. The van der Waals surface area contributed by atoms with Crippen LogP contribution in [0.5, 0.6) is 0 Å². The number of benzene rings is 1. The Morgan fingerprint density at radius 2 is 2.18 bits per heavy atom. The quantitative estimate of drug-likeness (QED) is 0.744. The molecule has 1 aliphatic rings. The molecule has 0 spiro atoms. The van der Waals surface area contributed by atoms with Crippen molar-refractivity contribution in [3.8, 4) is 10.6 Å². The molecular weight excluding hydrogens is 294 g/mol. The largest absolute Gasteiger partial charge is 0.241 e. The van der Waals surface area contributed by atoms with E-state index in [0.29, 0.717) is 0 Å². The molecule has 0 aliphatic heterocycles. The van der Waals surface area contributed by atoms with E-state index in [0.717, 1.165) is 21.8 Å². The second-order valence-electron chi connectivity index (χ2n) is 4.72. The van der Waals surface area contributed by atoms with Crippen molar-refractivity contribution in [3.63, 3.8) is 0 Å². The molecule has 1 nitrogen and oxygen atoms in total. The fourth-order valence-electron chi connectivity index (χ4n) is 2.29. The summed E-state index contributed by atoms with van der Waals surface area (Å²) < 4.78 is 1.14. The number of halogens is 1. The average molecular weight is 308 g/mol. The number of aromatic nitrogens is 1. The fraction of sp³-hybridized carbons (Fsp3) is 0.357. The average Bonchev–Trinajstić information content (AvgIpc) is 2.72. The number of fused-ring (bicyclic) bond motifs is 1. The Bertz CT molecular complexity index is 547. The third-order valence-corrected chi connectivity index (χ3v) is 5.14. The zero-order valence-corrected chi connectivity index (χ0v) is 12.1. The second-order valence-corrected chi connectivity index (χ2v) is 6.65. The summed E-state index contributed by atoms with van der Waals surface area (Å²) in [5.41, 5.74) is 2.55. The minimum atomic E-state index is 0.815. The maximum absolute atomic E-state index is 4.80. The highest BCUT2D eigenvalue weighted by atomic mass is 79.9. The number of aryl methyl sites for hydroxylation is 1. The number of hydrogen-bond donors (Lipinski definition) is 0. The van der Waals surface area contributed by atoms with E-state index in [1.807, 2.05) is 17.4 Å². The zero-order valence-electron chi connectivity index (χ0n) is 9.74. The van der Waals surface area contributed by atoms with Crippen molar-refractivity contribution in [1.29, 1.82) is 0 Å². The summed E-state index contributed by atoms with van der Waals surface area (Å²) in [6.45, 7) is 2.33. The summed E-state index contributed by atoms with van der Waals surface area (Å²) in [5.74, 6) is 0.815. The molecule has 88 valence electrons. The van der Waals surface area contributed by atoms with E-state index in [1.54, 1.807) is 0 Å². The van der Waals surface area contributed by atoms with Crippen LogP contribution in [-0.2, 0) is 12.8 Å². The first-order chi connectivity index (χ1) is 8.24. The molecule has 0 N–H and O–H groups in total. The molecule has 0 amide bonds. The van der Waals surface area contributed by atoms with Gasteiger partial charge in [0.05, 0.1) is 5.69 Å². The van der Waals surface area contributed by atoms with Crippen LogP contribution in [0.1, 0.15) is 23.9 Å². The number of thiazole rings is 1. The summed E-state index contributed by atoms with van der Waals surface area (Å²) in [6, 6.07) is 8.34. The van der Waals surface area contributed by atoms with E-state index in [9.17, 15) is 0 Å². The van der Waals surface area contributed by atoms with E-state index < -0.39 is 0 Å². The van der Waals surface area contributed by atoms with Crippen LogP contribution in [0.4, 0.5) is 0 Å². The van der Waals surface area contributed by atoms with Crippen molar-refractivity contribution in [2.45, 2.75) is 26.2 Å². The molecule has 1 unspecified atom stereocenters. The van der Waals surface area contributed by atoms with E-state index in [-0.39, 0.29) is 0 Å². The Kier molecular flexibility index (Phi) is 3.05. The number of rotatable bonds is 1. The van der Waals surface area contributed by atoms with Crippen LogP contribution >= 0.6 is 27.3 Å². The minimum Gasteiger partial charge on any atom is -0.241 e. The maximum Gasteiger partial charge on any atom is 0.125 e. The Hall–Kier alpha value is -0.670. The normalized spacial score (nSPS) is 19.1. The first kappa shape index (κ1) is 11.4. The van der Waals surface area contributed by atoms with E-state index in [2.05, 4.69) is 41.1 Å². The predicted molar refractivity (Wildman–Crippen MR) is 76.4 cm³/mol. The first-order valence-electron chi connectivity index (χ1n) is 5.97. The van der Waals surface area contributed by atoms with Gasteiger partial charge in [-0.2, -0.15) is 0 Å². The van der Waals surface area contributed by atoms with Crippen molar-refractivity contribution in [2.24, 2.45) is 5.92 Å². The van der Waals surface area contributed by atoms with Crippen LogP contribution in [0.25, 0.3) is 10.6 Å². The van der Waals surface area contributed by atoms with Crippen LogP contribution in [0.15, 0.2) is 28.7 Å². The Morgan fingerprint density at radius 1 is 1.35 bits per heavy atom. The topological polar surface area (TPSA) is 12.9 Å². The van der Waals surface area contributed by atoms with Crippen molar-refractivity contribution in [3.05, 3.63) is 39.3 Å². The van der Waals surface area contributed by atoms with Gasteiger partial charge in [-0.05, 0) is 31.2 Å². The molecule has 1 atom stereocenters. The van der Waals surface area contributed by atoms with Gasteiger partial charge in [-0.3, -0.25) is 0 Å². The van der Waals surface area contributed by atoms with E-state index >= 15 is 0 Å². The summed E-state index contributed by atoms with van der Waals surface area (Å²) >= 11 is 5.47. The fourth-order valence-corrected chi connectivity index (χ4v) is 4.20. The van der Waals surface area contributed by atoms with Gasteiger partial charge in [0.1, 0.15) is 5.01 Å². The molecule has 17 heavy (non-hydrogen) atoms. The highest BCUT2D eigenvalue weighted by Gasteiger charge is 2.20. The Morgan fingerprint density at radius 3 is 3.00 bits per heavy atom. The molecule has 0 saturated carbocycles. The minimum absolute atomic E-state index is 0.815. The molecule has 1 aromatic heterocycles. The third-order valence-electron chi connectivity index (χ3n) is 3.29. The smallest absolute Gasteiger partial charge is 0.125 e. The van der Waals surface area contributed by atoms with Crippen molar-refractivity contribution in [1.82, 2.24) is 4.98 Å². The summed E-state index contributed by atoms with van der Waals surface area (Å²) in [5, 5.41) is 1.16. The SMILES string of the molecule is CC1CCc2nc(-c3ccccc3Br)sc2C1. The van der Waals surface area contributed by atoms with Gasteiger partial charge in [0.2, 0.25) is 0 Å². The van der Waals surface area contributed by atoms with Crippen LogP contribution in [0.3, 0.4) is 0 Å². The monoisotopic (exact) mass is 307 g/mol. The van der Waals surface area contributed by atoms with Crippen LogP contribution in [0, 0.1) is 5.92 Å². The highest BCUT2D eigenvalue weighted by Crippen LogP contribution is 2.36. The van der Waals surface area contributed by atoms with Gasteiger partial charge in [0.25, 0.3) is 0 Å². The molecule has 2 aromatic rings. The lowest BCUT2D eigenvalue weighted by Crippen LogP contribution is -2.09. The molecule has 0 bridgehead atoms. The third kappa shape index (κ3) is 2.18. The molecule has 3 rings (SSSR count). The van der Waals surface area contributed by atoms with Crippen molar-refractivity contribution >= 4 is 27.3 Å². The molecule has 1 heterocycles. The Labute approximate surface area is 114 Å². The first-order valence-corrected chi connectivity index (χ1v) is 7.58. The Balaban J connectivity index is 2.03. The molecule has 0 saturated heterocycles. The molecule has 3 heteroatoms. The van der Waals surface area contributed by atoms with E-state index in [4.69, 9.17) is 4.98 Å². The van der Waals surface area contributed by atoms with Gasteiger partial charge in [0, 0.05) is 14.9 Å². The lowest BCUT2D eigenvalue weighted by atomic mass is 9.93. The van der Waals surface area contributed by atoms with Gasteiger partial charge in [-0.15, -0.1) is 11.3 Å². The summed E-state index contributed by atoms with van der Waals surface area (Å²) in [4.78, 5) is 6.30. The van der Waals surface area contributed by atoms with Crippen molar-refractivity contribution < 1.29 is 0 Å². The van der Waals surface area contributed by atoms with Crippen LogP contribution in [-0.4, -0.2) is 4.98 Å².